The van der Waals surface area contributed by atoms with Crippen molar-refractivity contribution >= 4 is 10.8 Å². The molecule has 0 unspecified atom stereocenters. The summed E-state index contributed by atoms with van der Waals surface area (Å²) in [6.45, 7) is 2.28. The van der Waals surface area contributed by atoms with Crippen LogP contribution in [-0.2, 0) is 32.6 Å². The molecule has 0 heterocycles. The van der Waals surface area contributed by atoms with Crippen LogP contribution >= 0.6 is 0 Å². The Kier molecular flexibility index (Phi) is 8.22. The Bertz CT molecular complexity index is 850. The van der Waals surface area contributed by atoms with Crippen LogP contribution in [0.5, 0.6) is 0 Å². The predicted molar refractivity (Wildman–Crippen MR) is 119 cm³/mol. The summed E-state index contributed by atoms with van der Waals surface area (Å²) in [7, 11) is 0. The molecule has 0 saturated heterocycles. The van der Waals surface area contributed by atoms with Crippen LogP contribution in [-0.4, -0.2) is 0 Å². The Balaban J connectivity index is 0.00000225. The Morgan fingerprint density at radius 2 is 1.68 bits per heavy atom. The minimum Gasteiger partial charge on any atom is -0.164 e. The first-order valence-corrected chi connectivity index (χ1v) is 11.1. The Hall–Kier alpha value is -1.07. The fraction of sp³-hybridized carbons (Fsp3) is 0.444. The smallest absolute Gasteiger partial charge is 0 e. The van der Waals surface area contributed by atoms with Crippen molar-refractivity contribution in [2.24, 2.45) is 0 Å². The fourth-order valence-electron chi connectivity index (χ4n) is 4.82. The molecule has 3 aromatic carbocycles. The second kappa shape index (κ2) is 10.6. The van der Waals surface area contributed by atoms with Crippen molar-refractivity contribution in [1.29, 1.82) is 0 Å². The number of fused-ring (bicyclic) bond motifs is 1. The molecule has 4 rings (SSSR count). The van der Waals surface area contributed by atoms with Crippen molar-refractivity contribution in [2.75, 3.05) is 0 Å². The summed E-state index contributed by atoms with van der Waals surface area (Å²) in [6.07, 6.45) is 13.5. The molecule has 0 aliphatic heterocycles. The predicted octanol–water partition coefficient (Wildman–Crippen LogP) is 8.39. The number of aryl methyl sites for hydroxylation is 1. The van der Waals surface area contributed by atoms with Crippen molar-refractivity contribution < 1.29 is 26.2 Å². The maximum absolute atomic E-state index is 2.44. The van der Waals surface area contributed by atoms with E-state index < -0.39 is 0 Å². The maximum atomic E-state index is 2.44. The minimum absolute atomic E-state index is 0. The molecule has 1 aliphatic rings. The van der Waals surface area contributed by atoms with E-state index in [4.69, 9.17) is 0 Å². The Morgan fingerprint density at radius 3 is 2.43 bits per heavy atom. The normalized spacial score (nSPS) is 14.9. The molecule has 146 valence electrons. The maximum Gasteiger partial charge on any atom is 0 e. The van der Waals surface area contributed by atoms with E-state index >= 15 is 0 Å². The molecule has 0 radical (unpaired) electrons. The van der Waals surface area contributed by atoms with Gasteiger partial charge in [-0.1, -0.05) is 87.8 Å². The molecule has 28 heavy (non-hydrogen) atoms. The second-order valence-corrected chi connectivity index (χ2v) is 8.44. The Morgan fingerprint density at radius 1 is 0.893 bits per heavy atom. The summed E-state index contributed by atoms with van der Waals surface area (Å²) >= 11 is 0. The van der Waals surface area contributed by atoms with Crippen LogP contribution in [0.15, 0.2) is 54.6 Å². The van der Waals surface area contributed by atoms with Crippen LogP contribution < -0.4 is 0 Å². The molecule has 1 aliphatic carbocycles. The van der Waals surface area contributed by atoms with E-state index in [1.54, 1.807) is 5.56 Å². The van der Waals surface area contributed by atoms with Gasteiger partial charge in [-0.25, -0.2) is 0 Å². The van der Waals surface area contributed by atoms with E-state index in [2.05, 4.69) is 61.5 Å². The van der Waals surface area contributed by atoms with Gasteiger partial charge in [0.2, 0.25) is 0 Å². The SMILES string of the molecule is CCCCCCc1cc2c(-c3ccc(C4CCCCC4)cc3)cccc2[cH-]1.[Zr]. The molecular formula is C27H33Zr-. The summed E-state index contributed by atoms with van der Waals surface area (Å²) in [5.74, 6) is 0.789. The minimum atomic E-state index is 0. The Labute approximate surface area is 190 Å². The van der Waals surface area contributed by atoms with Crippen LogP contribution in [0.25, 0.3) is 21.9 Å². The summed E-state index contributed by atoms with van der Waals surface area (Å²) in [5, 5.41) is 2.82. The van der Waals surface area contributed by atoms with Gasteiger partial charge in [-0.2, -0.15) is 6.07 Å². The monoisotopic (exact) mass is 447 g/mol. The van der Waals surface area contributed by atoms with Gasteiger partial charge in [0.25, 0.3) is 0 Å². The molecule has 0 nitrogen and oxygen atoms in total. The van der Waals surface area contributed by atoms with E-state index in [0.29, 0.717) is 0 Å². The molecular weight excluding hydrogens is 416 g/mol. The summed E-state index contributed by atoms with van der Waals surface area (Å²) in [5.41, 5.74) is 5.81. The zero-order chi connectivity index (χ0) is 18.5. The van der Waals surface area contributed by atoms with E-state index in [0.717, 1.165) is 5.92 Å². The molecule has 1 heteroatoms. The van der Waals surface area contributed by atoms with E-state index in [1.165, 1.54) is 91.7 Å². The molecule has 0 spiro atoms. The van der Waals surface area contributed by atoms with Crippen LogP contribution in [0.3, 0.4) is 0 Å². The van der Waals surface area contributed by atoms with Crippen LogP contribution in [0.1, 0.15) is 81.8 Å². The van der Waals surface area contributed by atoms with Crippen molar-refractivity contribution in [3.05, 3.63) is 65.7 Å². The number of benzene rings is 2. The molecule has 0 atom stereocenters. The third kappa shape index (κ3) is 5.10. The van der Waals surface area contributed by atoms with E-state index in [-0.39, 0.29) is 26.2 Å². The first-order chi connectivity index (χ1) is 13.3. The van der Waals surface area contributed by atoms with Crippen LogP contribution in [0.2, 0.25) is 0 Å². The molecule has 0 N–H and O–H groups in total. The van der Waals surface area contributed by atoms with Crippen molar-refractivity contribution in [2.45, 2.75) is 77.0 Å². The molecule has 0 amide bonds. The third-order valence-electron chi connectivity index (χ3n) is 6.43. The van der Waals surface area contributed by atoms with Gasteiger partial charge in [-0.3, -0.25) is 0 Å². The molecule has 0 aromatic heterocycles. The molecule has 1 fully saturated rings. The van der Waals surface area contributed by atoms with Gasteiger partial charge >= 0.3 is 0 Å². The molecule has 3 aromatic rings. The zero-order valence-corrected chi connectivity index (χ0v) is 19.8. The number of rotatable bonds is 7. The van der Waals surface area contributed by atoms with Crippen molar-refractivity contribution in [3.8, 4) is 11.1 Å². The summed E-state index contributed by atoms with van der Waals surface area (Å²) < 4.78 is 0. The molecule has 0 bridgehead atoms. The van der Waals surface area contributed by atoms with Crippen LogP contribution in [0.4, 0.5) is 0 Å². The topological polar surface area (TPSA) is 0 Å². The van der Waals surface area contributed by atoms with Gasteiger partial charge < -0.3 is 0 Å². The number of hydrogen-bond donors (Lipinski definition) is 0. The van der Waals surface area contributed by atoms with Gasteiger partial charge in [0, 0.05) is 26.2 Å². The van der Waals surface area contributed by atoms with Crippen molar-refractivity contribution in [1.82, 2.24) is 0 Å². The average molecular weight is 449 g/mol. The number of unbranched alkanes of at least 4 members (excludes halogenated alkanes) is 3. The largest absolute Gasteiger partial charge is 0.164 e. The standard InChI is InChI=1S/C27H33.Zr/c1-2-3-4-6-10-21-19-25-13-9-14-26(27(25)20-21)24-17-15-23(16-18-24)22-11-7-5-8-12-22;/h9,13-20,22H,2-8,10-12H2,1H3;/q-1;. The van der Waals surface area contributed by atoms with Crippen LogP contribution in [0, 0.1) is 0 Å². The van der Waals surface area contributed by atoms with E-state index in [1.807, 2.05) is 0 Å². The van der Waals surface area contributed by atoms with Gasteiger partial charge in [-0.15, -0.1) is 34.5 Å². The van der Waals surface area contributed by atoms with Gasteiger partial charge in [0.15, 0.2) is 0 Å². The second-order valence-electron chi connectivity index (χ2n) is 8.44. The zero-order valence-electron chi connectivity index (χ0n) is 17.3. The van der Waals surface area contributed by atoms with Crippen molar-refractivity contribution in [3.63, 3.8) is 0 Å². The van der Waals surface area contributed by atoms with Gasteiger partial charge in [0.05, 0.1) is 0 Å². The summed E-state index contributed by atoms with van der Waals surface area (Å²) in [4.78, 5) is 0. The van der Waals surface area contributed by atoms with E-state index in [9.17, 15) is 0 Å². The summed E-state index contributed by atoms with van der Waals surface area (Å²) in [6, 6.07) is 21.1. The number of hydrogen-bond acceptors (Lipinski definition) is 0. The quantitative estimate of drug-likeness (QED) is 0.251. The first kappa shape index (κ1) is 21.6. The van der Waals surface area contributed by atoms with Gasteiger partial charge in [-0.05, 0) is 36.3 Å². The average Bonchev–Trinajstić information content (AvgIpc) is 3.15. The fourth-order valence-corrected chi connectivity index (χ4v) is 4.82. The molecule has 1 saturated carbocycles. The van der Waals surface area contributed by atoms with Gasteiger partial charge in [0.1, 0.15) is 0 Å². The third-order valence-corrected chi connectivity index (χ3v) is 6.43. The first-order valence-electron chi connectivity index (χ1n) is 11.1.